The van der Waals surface area contributed by atoms with Gasteiger partial charge in [-0.1, -0.05) is 6.07 Å². The van der Waals surface area contributed by atoms with Gasteiger partial charge in [0.25, 0.3) is 5.56 Å². The highest BCUT2D eigenvalue weighted by Gasteiger charge is 2.18. The maximum absolute atomic E-state index is 11.5. The highest BCUT2D eigenvalue weighted by Crippen LogP contribution is 2.27. The van der Waals surface area contributed by atoms with E-state index < -0.39 is 22.8 Å². The molecule has 0 saturated carbocycles. The Kier molecular flexibility index (Phi) is 2.38. The van der Waals surface area contributed by atoms with Gasteiger partial charge in [0, 0.05) is 5.39 Å². The van der Waals surface area contributed by atoms with Gasteiger partial charge in [-0.2, -0.15) is 0 Å². The molecule has 0 radical (unpaired) electrons. The molecule has 1 aromatic carbocycles. The van der Waals surface area contributed by atoms with Gasteiger partial charge in [-0.25, -0.2) is 4.79 Å². The zero-order valence-electron chi connectivity index (χ0n) is 9.37. The molecular formula is C12H11NO4. The predicted octanol–water partition coefficient (Wildman–Crippen LogP) is 1.55. The number of carboxylic acid groups (broad SMARTS) is 1. The van der Waals surface area contributed by atoms with E-state index in [2.05, 4.69) is 4.98 Å². The van der Waals surface area contributed by atoms with Crippen LogP contribution in [0.3, 0.4) is 0 Å². The van der Waals surface area contributed by atoms with Gasteiger partial charge in [-0.15, -0.1) is 0 Å². The van der Waals surface area contributed by atoms with E-state index in [1.54, 1.807) is 13.0 Å². The molecule has 0 bridgehead atoms. The smallest absolute Gasteiger partial charge is 0.345 e. The van der Waals surface area contributed by atoms with Crippen molar-refractivity contribution in [3.05, 3.63) is 39.2 Å². The Morgan fingerprint density at radius 1 is 1.29 bits per heavy atom. The maximum atomic E-state index is 11.5. The first kappa shape index (κ1) is 11.2. The van der Waals surface area contributed by atoms with E-state index in [-0.39, 0.29) is 0 Å². The van der Waals surface area contributed by atoms with E-state index >= 15 is 0 Å². The topological polar surface area (TPSA) is 90.4 Å². The van der Waals surface area contributed by atoms with Crippen molar-refractivity contribution in [3.63, 3.8) is 0 Å². The third kappa shape index (κ3) is 1.65. The summed E-state index contributed by atoms with van der Waals surface area (Å²) in [5.41, 5.74) is 0.707. The summed E-state index contributed by atoms with van der Waals surface area (Å²) in [6, 6.07) is 3.48. The van der Waals surface area contributed by atoms with E-state index in [0.717, 1.165) is 11.1 Å². The SMILES string of the molecule is Cc1cc(C)c2[nH]c(=O)c(C(=O)O)c(O)c2c1. The maximum Gasteiger partial charge on any atom is 0.345 e. The quantitative estimate of drug-likeness (QED) is 0.697. The molecule has 0 aliphatic carbocycles. The monoisotopic (exact) mass is 233 g/mol. The van der Waals surface area contributed by atoms with Crippen molar-refractivity contribution < 1.29 is 15.0 Å². The molecule has 0 spiro atoms. The Morgan fingerprint density at radius 3 is 2.53 bits per heavy atom. The number of nitrogens with one attached hydrogen (secondary N) is 1. The van der Waals surface area contributed by atoms with Gasteiger partial charge in [0.05, 0.1) is 5.52 Å². The number of aromatic nitrogens is 1. The number of aromatic amines is 1. The van der Waals surface area contributed by atoms with Crippen LogP contribution in [0.1, 0.15) is 21.5 Å². The van der Waals surface area contributed by atoms with Crippen molar-refractivity contribution in [1.29, 1.82) is 0 Å². The molecule has 88 valence electrons. The van der Waals surface area contributed by atoms with Crippen molar-refractivity contribution in [2.24, 2.45) is 0 Å². The third-order valence-electron chi connectivity index (χ3n) is 2.65. The molecule has 2 rings (SSSR count). The largest absolute Gasteiger partial charge is 0.506 e. The van der Waals surface area contributed by atoms with Gasteiger partial charge in [0.15, 0.2) is 5.56 Å². The first-order chi connectivity index (χ1) is 7.91. The standard InChI is InChI=1S/C12H11NO4/c1-5-3-6(2)9-7(4-5)10(14)8(12(16)17)11(15)13-9/h3-4H,1-2H3,(H,16,17)(H2,13,14,15). The lowest BCUT2D eigenvalue weighted by Crippen LogP contribution is -2.18. The molecule has 5 nitrogen and oxygen atoms in total. The molecule has 5 heteroatoms. The number of aromatic hydroxyl groups is 1. The van der Waals surface area contributed by atoms with Crippen LogP contribution in [0.15, 0.2) is 16.9 Å². The molecule has 3 N–H and O–H groups in total. The fourth-order valence-electron chi connectivity index (χ4n) is 1.94. The Morgan fingerprint density at radius 2 is 1.94 bits per heavy atom. The Balaban J connectivity index is 3.02. The second kappa shape index (κ2) is 3.62. The normalized spacial score (nSPS) is 10.7. The number of rotatable bonds is 1. The highest BCUT2D eigenvalue weighted by molar-refractivity contribution is 5.99. The zero-order valence-corrected chi connectivity index (χ0v) is 9.37. The average molecular weight is 233 g/mol. The van der Waals surface area contributed by atoms with Crippen molar-refractivity contribution in [2.75, 3.05) is 0 Å². The van der Waals surface area contributed by atoms with Gasteiger partial charge in [0.2, 0.25) is 0 Å². The van der Waals surface area contributed by atoms with Crippen LogP contribution in [0.5, 0.6) is 5.75 Å². The first-order valence-electron chi connectivity index (χ1n) is 5.01. The van der Waals surface area contributed by atoms with Crippen LogP contribution < -0.4 is 5.56 Å². The average Bonchev–Trinajstić information content (AvgIpc) is 2.19. The number of hydrogen-bond donors (Lipinski definition) is 3. The van der Waals surface area contributed by atoms with E-state index in [4.69, 9.17) is 5.11 Å². The highest BCUT2D eigenvalue weighted by atomic mass is 16.4. The number of H-pyrrole nitrogens is 1. The number of hydrogen-bond acceptors (Lipinski definition) is 3. The Bertz CT molecular complexity index is 685. The molecule has 2 aromatic rings. The minimum absolute atomic E-state index is 0.347. The van der Waals surface area contributed by atoms with Crippen LogP contribution in [0.4, 0.5) is 0 Å². The molecule has 0 amide bonds. The molecule has 1 aromatic heterocycles. The summed E-state index contributed by atoms with van der Waals surface area (Å²) in [5.74, 6) is -1.92. The molecule has 0 unspecified atom stereocenters. The van der Waals surface area contributed by atoms with Crippen molar-refractivity contribution in [3.8, 4) is 5.75 Å². The first-order valence-corrected chi connectivity index (χ1v) is 5.01. The number of aryl methyl sites for hydroxylation is 2. The molecule has 1 heterocycles. The molecule has 0 fully saturated rings. The summed E-state index contributed by atoms with van der Waals surface area (Å²) in [5, 5.41) is 19.1. The predicted molar refractivity (Wildman–Crippen MR) is 62.7 cm³/mol. The number of carbonyl (C=O) groups is 1. The van der Waals surface area contributed by atoms with Crippen LogP contribution in [0.25, 0.3) is 10.9 Å². The van der Waals surface area contributed by atoms with Crippen molar-refractivity contribution in [2.45, 2.75) is 13.8 Å². The van der Waals surface area contributed by atoms with Crippen LogP contribution in [-0.4, -0.2) is 21.2 Å². The van der Waals surface area contributed by atoms with Gasteiger partial charge in [0.1, 0.15) is 5.75 Å². The number of fused-ring (bicyclic) bond motifs is 1. The number of carboxylic acids is 1. The lowest BCUT2D eigenvalue weighted by atomic mass is 10.0. The van der Waals surface area contributed by atoms with Crippen LogP contribution in [-0.2, 0) is 0 Å². The summed E-state index contributed by atoms with van der Waals surface area (Å²) >= 11 is 0. The van der Waals surface area contributed by atoms with Crippen molar-refractivity contribution >= 4 is 16.9 Å². The van der Waals surface area contributed by atoms with Gasteiger partial charge >= 0.3 is 5.97 Å². The van der Waals surface area contributed by atoms with Crippen LogP contribution in [0.2, 0.25) is 0 Å². The minimum atomic E-state index is -1.44. The summed E-state index contributed by atoms with van der Waals surface area (Å²) in [6.07, 6.45) is 0. The number of benzene rings is 1. The van der Waals surface area contributed by atoms with E-state index in [1.807, 2.05) is 13.0 Å². The van der Waals surface area contributed by atoms with Crippen LogP contribution in [0, 0.1) is 13.8 Å². The van der Waals surface area contributed by atoms with Gasteiger partial charge in [-0.3, -0.25) is 4.79 Å². The molecular weight excluding hydrogens is 222 g/mol. The Labute approximate surface area is 96.3 Å². The lowest BCUT2D eigenvalue weighted by Gasteiger charge is -2.07. The third-order valence-corrected chi connectivity index (χ3v) is 2.65. The van der Waals surface area contributed by atoms with Crippen molar-refractivity contribution in [1.82, 2.24) is 4.98 Å². The van der Waals surface area contributed by atoms with Crippen LogP contribution >= 0.6 is 0 Å². The fourth-order valence-corrected chi connectivity index (χ4v) is 1.94. The van der Waals surface area contributed by atoms with Gasteiger partial charge in [-0.05, 0) is 31.0 Å². The lowest BCUT2D eigenvalue weighted by molar-refractivity contribution is 0.0692. The van der Waals surface area contributed by atoms with E-state index in [1.165, 1.54) is 0 Å². The molecule has 17 heavy (non-hydrogen) atoms. The molecule has 0 aliphatic rings. The number of aromatic carboxylic acids is 1. The number of pyridine rings is 1. The van der Waals surface area contributed by atoms with E-state index in [9.17, 15) is 14.7 Å². The van der Waals surface area contributed by atoms with E-state index in [0.29, 0.717) is 10.9 Å². The summed E-state index contributed by atoms with van der Waals surface area (Å²) < 4.78 is 0. The minimum Gasteiger partial charge on any atom is -0.506 e. The summed E-state index contributed by atoms with van der Waals surface area (Å²) in [7, 11) is 0. The Hall–Kier alpha value is -2.30. The summed E-state index contributed by atoms with van der Waals surface area (Å²) in [4.78, 5) is 24.9. The molecule has 0 saturated heterocycles. The van der Waals surface area contributed by atoms with Gasteiger partial charge < -0.3 is 15.2 Å². The molecule has 0 atom stereocenters. The second-order valence-corrected chi connectivity index (χ2v) is 3.99. The summed E-state index contributed by atoms with van der Waals surface area (Å²) in [6.45, 7) is 3.61. The second-order valence-electron chi connectivity index (χ2n) is 3.99. The molecule has 0 aliphatic heterocycles. The fraction of sp³-hybridized carbons (Fsp3) is 0.167. The zero-order chi connectivity index (χ0) is 12.7.